The molecule has 0 saturated heterocycles. The molecular formula is C17H22O2Si. The highest BCUT2D eigenvalue weighted by molar-refractivity contribution is 6.88. The zero-order valence-electron chi connectivity index (χ0n) is 12.6. The summed E-state index contributed by atoms with van der Waals surface area (Å²) in [5, 5.41) is 1.47. The van der Waals surface area contributed by atoms with Crippen LogP contribution >= 0.6 is 0 Å². The van der Waals surface area contributed by atoms with Gasteiger partial charge in [0.1, 0.15) is 18.1 Å². The minimum Gasteiger partial charge on any atom is -0.497 e. The van der Waals surface area contributed by atoms with E-state index in [0.29, 0.717) is 6.61 Å². The summed E-state index contributed by atoms with van der Waals surface area (Å²) in [6, 6.07) is 16.5. The standard InChI is InChI=1S/C17H22O2Si/c1-18-15-6-5-7-16(12-15)19-13-14-8-10-17(11-9-14)20(2,3)4/h5-12H,13H2,1-4H3. The van der Waals surface area contributed by atoms with Crippen molar-refractivity contribution in [3.05, 3.63) is 54.1 Å². The first kappa shape index (κ1) is 14.7. The fraction of sp³-hybridized carbons (Fsp3) is 0.294. The van der Waals surface area contributed by atoms with Gasteiger partial charge in [0.05, 0.1) is 15.2 Å². The van der Waals surface area contributed by atoms with Crippen LogP contribution in [0.5, 0.6) is 11.5 Å². The van der Waals surface area contributed by atoms with Gasteiger partial charge in [0.25, 0.3) is 0 Å². The van der Waals surface area contributed by atoms with Crippen molar-refractivity contribution in [2.24, 2.45) is 0 Å². The molecule has 20 heavy (non-hydrogen) atoms. The largest absolute Gasteiger partial charge is 0.497 e. The van der Waals surface area contributed by atoms with Crippen molar-refractivity contribution in [2.45, 2.75) is 26.2 Å². The number of benzene rings is 2. The van der Waals surface area contributed by atoms with Crippen LogP contribution in [0.4, 0.5) is 0 Å². The molecular weight excluding hydrogens is 264 g/mol. The maximum Gasteiger partial charge on any atom is 0.123 e. The Morgan fingerprint density at radius 1 is 0.900 bits per heavy atom. The van der Waals surface area contributed by atoms with E-state index in [1.165, 1.54) is 10.8 Å². The quantitative estimate of drug-likeness (QED) is 0.778. The van der Waals surface area contributed by atoms with Gasteiger partial charge in [0.2, 0.25) is 0 Å². The molecule has 0 fully saturated rings. The first-order valence-corrected chi connectivity index (χ1v) is 10.4. The molecule has 0 atom stereocenters. The van der Waals surface area contributed by atoms with Crippen molar-refractivity contribution in [1.29, 1.82) is 0 Å². The predicted octanol–water partition coefficient (Wildman–Crippen LogP) is 3.82. The van der Waals surface area contributed by atoms with Crippen LogP contribution in [0.2, 0.25) is 19.6 Å². The Kier molecular flexibility index (Phi) is 4.50. The average molecular weight is 286 g/mol. The molecule has 2 rings (SSSR count). The van der Waals surface area contributed by atoms with E-state index in [9.17, 15) is 0 Å². The summed E-state index contributed by atoms with van der Waals surface area (Å²) in [6.45, 7) is 7.65. The zero-order chi connectivity index (χ0) is 14.6. The predicted molar refractivity (Wildman–Crippen MR) is 86.7 cm³/mol. The normalized spacial score (nSPS) is 11.2. The first-order valence-electron chi connectivity index (χ1n) is 6.85. The van der Waals surface area contributed by atoms with Crippen LogP contribution in [0, 0.1) is 0 Å². The van der Waals surface area contributed by atoms with Crippen LogP contribution in [0.25, 0.3) is 0 Å². The third-order valence-corrected chi connectivity index (χ3v) is 5.33. The van der Waals surface area contributed by atoms with Crippen LogP contribution < -0.4 is 14.7 Å². The Balaban J connectivity index is 2.00. The van der Waals surface area contributed by atoms with Gasteiger partial charge in [0, 0.05) is 6.07 Å². The van der Waals surface area contributed by atoms with Crippen LogP contribution in [-0.4, -0.2) is 15.2 Å². The van der Waals surface area contributed by atoms with Gasteiger partial charge in [0.15, 0.2) is 0 Å². The Labute approximate surface area is 122 Å². The molecule has 0 bridgehead atoms. The van der Waals surface area contributed by atoms with Gasteiger partial charge < -0.3 is 9.47 Å². The fourth-order valence-electron chi connectivity index (χ4n) is 1.96. The molecule has 0 aliphatic rings. The van der Waals surface area contributed by atoms with Crippen LogP contribution in [-0.2, 0) is 6.61 Å². The molecule has 2 aromatic rings. The van der Waals surface area contributed by atoms with Gasteiger partial charge in [-0.3, -0.25) is 0 Å². The lowest BCUT2D eigenvalue weighted by molar-refractivity contribution is 0.303. The van der Waals surface area contributed by atoms with Gasteiger partial charge in [-0.15, -0.1) is 0 Å². The Hall–Kier alpha value is -1.74. The second-order valence-electron chi connectivity index (χ2n) is 5.91. The second-order valence-corrected chi connectivity index (χ2v) is 11.0. The van der Waals surface area contributed by atoms with Crippen molar-refractivity contribution in [3.8, 4) is 11.5 Å². The van der Waals surface area contributed by atoms with Crippen LogP contribution in [0.1, 0.15) is 5.56 Å². The number of hydrogen-bond acceptors (Lipinski definition) is 2. The Morgan fingerprint density at radius 3 is 2.15 bits per heavy atom. The molecule has 0 heterocycles. The van der Waals surface area contributed by atoms with Crippen molar-refractivity contribution < 1.29 is 9.47 Å². The smallest absolute Gasteiger partial charge is 0.123 e. The lowest BCUT2D eigenvalue weighted by Gasteiger charge is -2.16. The molecule has 0 saturated carbocycles. The van der Waals surface area contributed by atoms with Gasteiger partial charge in [-0.25, -0.2) is 0 Å². The minimum atomic E-state index is -1.21. The first-order chi connectivity index (χ1) is 9.49. The van der Waals surface area contributed by atoms with Crippen LogP contribution in [0.15, 0.2) is 48.5 Å². The van der Waals surface area contributed by atoms with E-state index >= 15 is 0 Å². The van der Waals surface area contributed by atoms with Gasteiger partial charge in [-0.2, -0.15) is 0 Å². The SMILES string of the molecule is COc1cccc(OCc2ccc([Si](C)(C)C)cc2)c1. The van der Waals surface area contributed by atoms with E-state index in [2.05, 4.69) is 43.9 Å². The monoisotopic (exact) mass is 286 g/mol. The topological polar surface area (TPSA) is 18.5 Å². The molecule has 0 radical (unpaired) electrons. The van der Waals surface area contributed by atoms with E-state index in [1.54, 1.807) is 7.11 Å². The summed E-state index contributed by atoms with van der Waals surface area (Å²) in [5.41, 5.74) is 1.19. The highest BCUT2D eigenvalue weighted by Gasteiger charge is 2.15. The average Bonchev–Trinajstić information content (AvgIpc) is 2.45. The summed E-state index contributed by atoms with van der Waals surface area (Å²) in [7, 11) is 0.448. The molecule has 0 spiro atoms. The van der Waals surface area contributed by atoms with Gasteiger partial charge >= 0.3 is 0 Å². The molecule has 0 aromatic heterocycles. The third-order valence-electron chi connectivity index (χ3n) is 3.27. The molecule has 0 unspecified atom stereocenters. The molecule has 106 valence electrons. The molecule has 2 nitrogen and oxygen atoms in total. The summed E-state index contributed by atoms with van der Waals surface area (Å²) >= 11 is 0. The molecule has 0 aliphatic carbocycles. The minimum absolute atomic E-state index is 0.582. The number of rotatable bonds is 5. The van der Waals surface area contributed by atoms with Gasteiger partial charge in [-0.1, -0.05) is 55.2 Å². The fourth-order valence-corrected chi connectivity index (χ4v) is 3.13. The molecule has 0 amide bonds. The van der Waals surface area contributed by atoms with Crippen molar-refractivity contribution in [2.75, 3.05) is 7.11 Å². The summed E-state index contributed by atoms with van der Waals surface area (Å²) < 4.78 is 11.0. The highest BCUT2D eigenvalue weighted by Crippen LogP contribution is 2.19. The summed E-state index contributed by atoms with van der Waals surface area (Å²) in [4.78, 5) is 0. The Morgan fingerprint density at radius 2 is 1.55 bits per heavy atom. The van der Waals surface area contributed by atoms with E-state index in [-0.39, 0.29) is 0 Å². The summed E-state index contributed by atoms with van der Waals surface area (Å²) in [6.07, 6.45) is 0. The summed E-state index contributed by atoms with van der Waals surface area (Å²) in [5.74, 6) is 1.65. The third kappa shape index (κ3) is 3.87. The Bertz CT molecular complexity index is 556. The van der Waals surface area contributed by atoms with E-state index in [1.807, 2.05) is 24.3 Å². The lowest BCUT2D eigenvalue weighted by atomic mass is 10.2. The second kappa shape index (κ2) is 6.14. The van der Waals surface area contributed by atoms with E-state index < -0.39 is 8.07 Å². The van der Waals surface area contributed by atoms with E-state index in [0.717, 1.165) is 11.5 Å². The number of ether oxygens (including phenoxy) is 2. The van der Waals surface area contributed by atoms with Crippen molar-refractivity contribution in [1.82, 2.24) is 0 Å². The zero-order valence-corrected chi connectivity index (χ0v) is 13.6. The maximum absolute atomic E-state index is 5.79. The lowest BCUT2D eigenvalue weighted by Crippen LogP contribution is -2.37. The number of hydrogen-bond donors (Lipinski definition) is 0. The van der Waals surface area contributed by atoms with Gasteiger partial charge in [-0.05, 0) is 17.7 Å². The molecule has 0 aliphatic heterocycles. The van der Waals surface area contributed by atoms with Crippen molar-refractivity contribution >= 4 is 13.3 Å². The highest BCUT2D eigenvalue weighted by atomic mass is 28.3. The molecule has 0 N–H and O–H groups in total. The molecule has 3 heteroatoms. The van der Waals surface area contributed by atoms with Crippen molar-refractivity contribution in [3.63, 3.8) is 0 Å². The number of methoxy groups -OCH3 is 1. The van der Waals surface area contributed by atoms with E-state index in [4.69, 9.17) is 9.47 Å². The van der Waals surface area contributed by atoms with Crippen LogP contribution in [0.3, 0.4) is 0 Å². The molecule has 2 aromatic carbocycles. The maximum atomic E-state index is 5.79.